The van der Waals surface area contributed by atoms with Gasteiger partial charge in [-0.3, -0.25) is 4.79 Å². The number of fused-ring (bicyclic) bond motifs is 1. The number of nitrogens with zero attached hydrogens (tertiary/aromatic N) is 2. The molecule has 0 unspecified atom stereocenters. The number of carbonyl (C=O) groups excluding carboxylic acids is 1. The van der Waals surface area contributed by atoms with Gasteiger partial charge in [0.1, 0.15) is 5.82 Å². The third-order valence-corrected chi connectivity index (χ3v) is 3.46. The lowest BCUT2D eigenvalue weighted by atomic mass is 10.1. The number of para-hydroxylation sites is 2. The van der Waals surface area contributed by atoms with E-state index in [4.69, 9.17) is 5.73 Å². The van der Waals surface area contributed by atoms with Gasteiger partial charge in [0.15, 0.2) is 0 Å². The summed E-state index contributed by atoms with van der Waals surface area (Å²) < 4.78 is 2.09. The molecule has 0 fully saturated rings. The number of imidazole rings is 1. The summed E-state index contributed by atoms with van der Waals surface area (Å²) in [4.78, 5) is 16.0. The number of rotatable bonds is 3. The van der Waals surface area contributed by atoms with E-state index in [1.807, 2.05) is 49.4 Å². The zero-order valence-electron chi connectivity index (χ0n) is 11.2. The van der Waals surface area contributed by atoms with E-state index in [9.17, 15) is 4.79 Å². The number of aryl methyl sites for hydroxylation is 1. The quantitative estimate of drug-likeness (QED) is 0.791. The average molecular weight is 265 g/mol. The third kappa shape index (κ3) is 2.05. The number of primary amides is 1. The Kier molecular flexibility index (Phi) is 2.99. The summed E-state index contributed by atoms with van der Waals surface area (Å²) in [6.45, 7) is 2.55. The molecule has 3 rings (SSSR count). The van der Waals surface area contributed by atoms with Crippen LogP contribution in [0.4, 0.5) is 0 Å². The van der Waals surface area contributed by atoms with Crippen molar-refractivity contribution in [1.82, 2.24) is 9.55 Å². The molecule has 4 heteroatoms. The Morgan fingerprint density at radius 2 is 1.85 bits per heavy atom. The summed E-state index contributed by atoms with van der Waals surface area (Å²) in [6, 6.07) is 15.4. The van der Waals surface area contributed by atoms with Crippen LogP contribution in [0.1, 0.15) is 21.7 Å². The fourth-order valence-electron chi connectivity index (χ4n) is 2.46. The summed E-state index contributed by atoms with van der Waals surface area (Å²) in [5.41, 5.74) is 8.92. The lowest BCUT2D eigenvalue weighted by molar-refractivity contribution is 0.0999. The van der Waals surface area contributed by atoms with Gasteiger partial charge in [-0.15, -0.1) is 0 Å². The average Bonchev–Trinajstić information content (AvgIpc) is 2.76. The predicted octanol–water partition coefficient (Wildman–Crippen LogP) is 2.49. The minimum atomic E-state index is -0.400. The molecule has 0 radical (unpaired) electrons. The molecule has 0 saturated heterocycles. The summed E-state index contributed by atoms with van der Waals surface area (Å²) in [6.07, 6.45) is 0. The molecular formula is C16H15N3O. The Bertz CT molecular complexity index is 789. The monoisotopic (exact) mass is 265 g/mol. The van der Waals surface area contributed by atoms with Gasteiger partial charge in [0.2, 0.25) is 5.91 Å². The normalized spacial score (nSPS) is 10.8. The maximum Gasteiger partial charge on any atom is 0.249 e. The van der Waals surface area contributed by atoms with Crippen molar-refractivity contribution >= 4 is 16.9 Å². The van der Waals surface area contributed by atoms with Crippen molar-refractivity contribution in [3.05, 3.63) is 65.5 Å². The fourth-order valence-corrected chi connectivity index (χ4v) is 2.46. The van der Waals surface area contributed by atoms with Crippen molar-refractivity contribution in [2.75, 3.05) is 0 Å². The number of carbonyl (C=O) groups is 1. The van der Waals surface area contributed by atoms with Crippen LogP contribution < -0.4 is 5.73 Å². The summed E-state index contributed by atoms with van der Waals surface area (Å²) in [7, 11) is 0. The number of amides is 1. The van der Waals surface area contributed by atoms with Crippen LogP contribution in [0.25, 0.3) is 11.0 Å². The zero-order valence-corrected chi connectivity index (χ0v) is 11.2. The largest absolute Gasteiger partial charge is 0.366 e. The van der Waals surface area contributed by atoms with Gasteiger partial charge in [0, 0.05) is 5.56 Å². The third-order valence-electron chi connectivity index (χ3n) is 3.46. The first kappa shape index (κ1) is 12.4. The minimum absolute atomic E-state index is 0.400. The van der Waals surface area contributed by atoms with Crippen LogP contribution in [0.5, 0.6) is 0 Å². The number of benzene rings is 2. The molecular weight excluding hydrogens is 250 g/mol. The first-order valence-corrected chi connectivity index (χ1v) is 6.46. The van der Waals surface area contributed by atoms with Gasteiger partial charge in [0.05, 0.1) is 17.6 Å². The zero-order chi connectivity index (χ0) is 14.1. The van der Waals surface area contributed by atoms with E-state index in [1.165, 1.54) is 0 Å². The van der Waals surface area contributed by atoms with Crippen molar-refractivity contribution in [2.45, 2.75) is 13.5 Å². The van der Waals surface area contributed by atoms with Crippen molar-refractivity contribution < 1.29 is 4.79 Å². The smallest absolute Gasteiger partial charge is 0.249 e. The highest BCUT2D eigenvalue weighted by Crippen LogP contribution is 2.18. The second-order valence-corrected chi connectivity index (χ2v) is 4.76. The molecule has 0 aliphatic heterocycles. The molecule has 20 heavy (non-hydrogen) atoms. The van der Waals surface area contributed by atoms with Crippen molar-refractivity contribution in [3.63, 3.8) is 0 Å². The predicted molar refractivity (Wildman–Crippen MR) is 78.5 cm³/mol. The van der Waals surface area contributed by atoms with Crippen molar-refractivity contribution in [3.8, 4) is 0 Å². The van der Waals surface area contributed by atoms with Gasteiger partial charge >= 0.3 is 0 Å². The Morgan fingerprint density at radius 3 is 2.65 bits per heavy atom. The number of nitrogens with two attached hydrogens (primary N) is 1. The van der Waals surface area contributed by atoms with E-state index >= 15 is 0 Å². The molecule has 4 nitrogen and oxygen atoms in total. The van der Waals surface area contributed by atoms with Gasteiger partial charge in [-0.2, -0.15) is 0 Å². The van der Waals surface area contributed by atoms with Crippen LogP contribution in [-0.2, 0) is 6.54 Å². The molecule has 0 aliphatic rings. The summed E-state index contributed by atoms with van der Waals surface area (Å²) >= 11 is 0. The van der Waals surface area contributed by atoms with Gasteiger partial charge in [0.25, 0.3) is 0 Å². The first-order chi connectivity index (χ1) is 9.66. The van der Waals surface area contributed by atoms with Gasteiger partial charge in [-0.1, -0.05) is 30.3 Å². The highest BCUT2D eigenvalue weighted by Gasteiger charge is 2.11. The van der Waals surface area contributed by atoms with E-state index < -0.39 is 5.91 Å². The molecule has 1 amide bonds. The highest BCUT2D eigenvalue weighted by molar-refractivity contribution is 5.94. The first-order valence-electron chi connectivity index (χ1n) is 6.46. The fraction of sp³-hybridized carbons (Fsp3) is 0.125. The van der Waals surface area contributed by atoms with Gasteiger partial charge < -0.3 is 10.3 Å². The molecule has 0 spiro atoms. The maximum atomic E-state index is 11.5. The molecule has 0 aliphatic carbocycles. The molecule has 2 N–H and O–H groups in total. The van der Waals surface area contributed by atoms with Crippen molar-refractivity contribution in [2.24, 2.45) is 5.73 Å². The molecule has 100 valence electrons. The molecule has 2 aromatic carbocycles. The summed E-state index contributed by atoms with van der Waals surface area (Å²) in [5, 5.41) is 0. The lowest BCUT2D eigenvalue weighted by Gasteiger charge is -2.10. The van der Waals surface area contributed by atoms with Gasteiger partial charge in [-0.05, 0) is 30.7 Å². The maximum absolute atomic E-state index is 11.5. The number of hydrogen-bond acceptors (Lipinski definition) is 2. The Morgan fingerprint density at radius 1 is 1.15 bits per heavy atom. The van der Waals surface area contributed by atoms with Crippen LogP contribution in [-0.4, -0.2) is 15.5 Å². The SMILES string of the molecule is Cc1nc2ccccc2n1Cc1ccccc1C(N)=O. The van der Waals surface area contributed by atoms with E-state index in [2.05, 4.69) is 9.55 Å². The summed E-state index contributed by atoms with van der Waals surface area (Å²) in [5.74, 6) is 0.521. The van der Waals surface area contributed by atoms with Crippen LogP contribution in [0.2, 0.25) is 0 Å². The van der Waals surface area contributed by atoms with Crippen LogP contribution >= 0.6 is 0 Å². The second kappa shape index (κ2) is 4.81. The Balaban J connectivity index is 2.10. The minimum Gasteiger partial charge on any atom is -0.366 e. The Hall–Kier alpha value is -2.62. The van der Waals surface area contributed by atoms with E-state index in [0.717, 1.165) is 22.4 Å². The number of aromatic nitrogens is 2. The topological polar surface area (TPSA) is 60.9 Å². The Labute approximate surface area is 116 Å². The molecule has 1 heterocycles. The van der Waals surface area contributed by atoms with Crippen molar-refractivity contribution in [1.29, 1.82) is 0 Å². The standard InChI is InChI=1S/C16H15N3O/c1-11-18-14-8-4-5-9-15(14)19(11)10-12-6-2-3-7-13(12)16(17)20/h2-9H,10H2,1H3,(H2,17,20). The van der Waals surface area contributed by atoms with Crippen LogP contribution in [0.15, 0.2) is 48.5 Å². The molecule has 0 saturated carbocycles. The lowest BCUT2D eigenvalue weighted by Crippen LogP contribution is -2.15. The van der Waals surface area contributed by atoms with E-state index in [0.29, 0.717) is 12.1 Å². The molecule has 0 bridgehead atoms. The second-order valence-electron chi connectivity index (χ2n) is 4.76. The van der Waals surface area contributed by atoms with E-state index in [-0.39, 0.29) is 0 Å². The molecule has 0 atom stereocenters. The van der Waals surface area contributed by atoms with Crippen LogP contribution in [0.3, 0.4) is 0 Å². The van der Waals surface area contributed by atoms with Gasteiger partial charge in [-0.25, -0.2) is 4.98 Å². The molecule has 1 aromatic heterocycles. The van der Waals surface area contributed by atoms with E-state index in [1.54, 1.807) is 6.07 Å². The number of hydrogen-bond donors (Lipinski definition) is 1. The van der Waals surface area contributed by atoms with Crippen LogP contribution in [0, 0.1) is 6.92 Å². The molecule has 3 aromatic rings. The highest BCUT2D eigenvalue weighted by atomic mass is 16.1.